The van der Waals surface area contributed by atoms with Crippen LogP contribution in [0.3, 0.4) is 0 Å². The highest BCUT2D eigenvalue weighted by Gasteiger charge is 2.11. The van der Waals surface area contributed by atoms with Gasteiger partial charge >= 0.3 is 0 Å². The molecule has 3 nitrogen and oxygen atoms in total. The molecule has 1 atom stereocenters. The molecule has 1 unspecified atom stereocenters. The van der Waals surface area contributed by atoms with Gasteiger partial charge in [0.25, 0.3) is 0 Å². The topological polar surface area (TPSA) is 46.3 Å². The zero-order chi connectivity index (χ0) is 11.8. The number of carbonyl (C=O) groups is 1. The van der Waals surface area contributed by atoms with Gasteiger partial charge in [0.1, 0.15) is 0 Å². The first kappa shape index (κ1) is 18.1. The highest BCUT2D eigenvalue weighted by atomic mass is 35.5. The van der Waals surface area contributed by atoms with E-state index in [4.69, 9.17) is 5.73 Å². The number of unbranched alkanes of at least 4 members (excludes halogenated alkanes) is 1. The average molecular weight is 251 g/mol. The number of hydrogen-bond donors (Lipinski definition) is 1. The van der Waals surface area contributed by atoms with Gasteiger partial charge in [0.05, 0.1) is 0 Å². The standard InChI is InChI=1S/C12H26N2O.ClH/c1-5-6-7-12(15)14(4)9-8-11(13)10(2)3;/h10-11H,5-9,13H2,1-4H3;1H. The van der Waals surface area contributed by atoms with Crippen LogP contribution in [0.5, 0.6) is 0 Å². The van der Waals surface area contributed by atoms with Crippen molar-refractivity contribution in [1.29, 1.82) is 0 Å². The molecule has 0 aromatic carbocycles. The molecule has 16 heavy (non-hydrogen) atoms. The lowest BCUT2D eigenvalue weighted by Crippen LogP contribution is -2.34. The van der Waals surface area contributed by atoms with Crippen LogP contribution in [0.15, 0.2) is 0 Å². The average Bonchev–Trinajstić information content (AvgIpc) is 2.21. The van der Waals surface area contributed by atoms with Crippen LogP contribution in [0, 0.1) is 5.92 Å². The first-order chi connectivity index (χ1) is 6.99. The fourth-order valence-electron chi connectivity index (χ4n) is 1.32. The predicted octanol–water partition coefficient (Wildman–Crippen LogP) is 2.43. The fraction of sp³-hybridized carbons (Fsp3) is 0.917. The Kier molecular flexibility index (Phi) is 11.2. The first-order valence-electron chi connectivity index (χ1n) is 5.98. The largest absolute Gasteiger partial charge is 0.346 e. The van der Waals surface area contributed by atoms with Crippen LogP contribution in [0.4, 0.5) is 0 Å². The number of halogens is 1. The van der Waals surface area contributed by atoms with Crippen LogP contribution in [-0.2, 0) is 4.79 Å². The molecule has 4 heteroatoms. The molecule has 0 saturated carbocycles. The molecule has 0 aliphatic heterocycles. The summed E-state index contributed by atoms with van der Waals surface area (Å²) in [5.41, 5.74) is 5.93. The summed E-state index contributed by atoms with van der Waals surface area (Å²) in [6.07, 6.45) is 3.63. The Bertz CT molecular complexity index is 186. The second-order valence-electron chi connectivity index (χ2n) is 4.62. The van der Waals surface area contributed by atoms with Gasteiger partial charge in [-0.05, 0) is 18.8 Å². The first-order valence-corrected chi connectivity index (χ1v) is 5.98. The third-order valence-electron chi connectivity index (χ3n) is 2.82. The maximum Gasteiger partial charge on any atom is 0.222 e. The monoisotopic (exact) mass is 250 g/mol. The molecule has 2 N–H and O–H groups in total. The molecule has 0 aromatic rings. The summed E-state index contributed by atoms with van der Waals surface area (Å²) >= 11 is 0. The Morgan fingerprint density at radius 2 is 1.94 bits per heavy atom. The predicted molar refractivity (Wildman–Crippen MR) is 71.8 cm³/mol. The third-order valence-corrected chi connectivity index (χ3v) is 2.82. The molecule has 0 fully saturated rings. The maximum absolute atomic E-state index is 11.6. The van der Waals surface area contributed by atoms with Gasteiger partial charge in [0.15, 0.2) is 0 Å². The van der Waals surface area contributed by atoms with Gasteiger partial charge in [-0.2, -0.15) is 0 Å². The molecule has 0 aliphatic carbocycles. The maximum atomic E-state index is 11.6. The second-order valence-corrected chi connectivity index (χ2v) is 4.62. The van der Waals surface area contributed by atoms with E-state index in [1.54, 1.807) is 4.90 Å². The Morgan fingerprint density at radius 3 is 2.38 bits per heavy atom. The zero-order valence-corrected chi connectivity index (χ0v) is 11.8. The number of nitrogens with zero attached hydrogens (tertiary/aromatic N) is 1. The van der Waals surface area contributed by atoms with Crippen LogP contribution in [-0.4, -0.2) is 30.4 Å². The van der Waals surface area contributed by atoms with Crippen molar-refractivity contribution in [2.45, 2.75) is 52.5 Å². The van der Waals surface area contributed by atoms with E-state index in [0.717, 1.165) is 25.8 Å². The second kappa shape index (κ2) is 9.91. The number of amides is 1. The number of carbonyl (C=O) groups excluding carboxylic acids is 1. The number of rotatable bonds is 7. The van der Waals surface area contributed by atoms with Gasteiger partial charge < -0.3 is 10.6 Å². The third kappa shape index (κ3) is 7.94. The van der Waals surface area contributed by atoms with Crippen molar-refractivity contribution in [2.24, 2.45) is 11.7 Å². The summed E-state index contributed by atoms with van der Waals surface area (Å²) in [6, 6.07) is 0.200. The van der Waals surface area contributed by atoms with E-state index in [1.807, 2.05) is 7.05 Å². The Hall–Kier alpha value is -0.280. The highest BCUT2D eigenvalue weighted by Crippen LogP contribution is 2.05. The molecule has 0 aromatic heterocycles. The van der Waals surface area contributed by atoms with Gasteiger partial charge in [-0.25, -0.2) is 0 Å². The molecular weight excluding hydrogens is 224 g/mol. The van der Waals surface area contributed by atoms with Crippen LogP contribution in [0.2, 0.25) is 0 Å². The van der Waals surface area contributed by atoms with Crippen LogP contribution in [0.1, 0.15) is 46.5 Å². The van der Waals surface area contributed by atoms with Crippen LogP contribution < -0.4 is 5.73 Å². The minimum atomic E-state index is 0. The van der Waals surface area contributed by atoms with E-state index in [-0.39, 0.29) is 24.4 Å². The van der Waals surface area contributed by atoms with Crippen molar-refractivity contribution >= 4 is 18.3 Å². The summed E-state index contributed by atoms with van der Waals surface area (Å²) in [7, 11) is 1.87. The molecule has 0 saturated heterocycles. The van der Waals surface area contributed by atoms with Crippen molar-refractivity contribution in [3.63, 3.8) is 0 Å². The van der Waals surface area contributed by atoms with E-state index in [2.05, 4.69) is 20.8 Å². The SMILES string of the molecule is CCCCC(=O)N(C)CCC(N)C(C)C.Cl. The normalized spacial score (nSPS) is 12.1. The van der Waals surface area contributed by atoms with E-state index in [0.29, 0.717) is 12.3 Å². The lowest BCUT2D eigenvalue weighted by Gasteiger charge is -2.21. The highest BCUT2D eigenvalue weighted by molar-refractivity contribution is 5.85. The van der Waals surface area contributed by atoms with Crippen molar-refractivity contribution in [3.8, 4) is 0 Å². The van der Waals surface area contributed by atoms with Gasteiger partial charge in [0, 0.05) is 26.1 Å². The summed E-state index contributed by atoms with van der Waals surface area (Å²) in [6.45, 7) is 7.11. The van der Waals surface area contributed by atoms with Crippen molar-refractivity contribution in [3.05, 3.63) is 0 Å². The van der Waals surface area contributed by atoms with Gasteiger partial charge in [-0.15, -0.1) is 12.4 Å². The van der Waals surface area contributed by atoms with Crippen molar-refractivity contribution in [1.82, 2.24) is 4.90 Å². The lowest BCUT2D eigenvalue weighted by atomic mass is 10.0. The van der Waals surface area contributed by atoms with Crippen LogP contribution >= 0.6 is 12.4 Å². The molecule has 0 heterocycles. The molecule has 0 bridgehead atoms. The van der Waals surface area contributed by atoms with E-state index in [9.17, 15) is 4.79 Å². The molecular formula is C12H27ClN2O. The quantitative estimate of drug-likeness (QED) is 0.755. The fourth-order valence-corrected chi connectivity index (χ4v) is 1.32. The Labute approximate surface area is 106 Å². The van der Waals surface area contributed by atoms with Gasteiger partial charge in [-0.3, -0.25) is 4.79 Å². The summed E-state index contributed by atoms with van der Waals surface area (Å²) in [5, 5.41) is 0. The summed E-state index contributed by atoms with van der Waals surface area (Å²) < 4.78 is 0. The van der Waals surface area contributed by atoms with Crippen LogP contribution in [0.25, 0.3) is 0 Å². The minimum Gasteiger partial charge on any atom is -0.346 e. The molecule has 1 amide bonds. The lowest BCUT2D eigenvalue weighted by molar-refractivity contribution is -0.130. The molecule has 98 valence electrons. The van der Waals surface area contributed by atoms with Gasteiger partial charge in [0.2, 0.25) is 5.91 Å². The molecule has 0 rings (SSSR count). The summed E-state index contributed by atoms with van der Waals surface area (Å²) in [5.74, 6) is 0.733. The number of hydrogen-bond acceptors (Lipinski definition) is 2. The van der Waals surface area contributed by atoms with Crippen molar-refractivity contribution < 1.29 is 4.79 Å². The van der Waals surface area contributed by atoms with Crippen molar-refractivity contribution in [2.75, 3.05) is 13.6 Å². The molecule has 0 aliphatic rings. The van der Waals surface area contributed by atoms with E-state index in [1.165, 1.54) is 0 Å². The van der Waals surface area contributed by atoms with E-state index >= 15 is 0 Å². The number of nitrogens with two attached hydrogens (primary N) is 1. The van der Waals surface area contributed by atoms with E-state index < -0.39 is 0 Å². The van der Waals surface area contributed by atoms with Gasteiger partial charge in [-0.1, -0.05) is 27.2 Å². The smallest absolute Gasteiger partial charge is 0.222 e. The molecule has 0 radical (unpaired) electrons. The minimum absolute atomic E-state index is 0. The summed E-state index contributed by atoms with van der Waals surface area (Å²) in [4.78, 5) is 13.4. The Balaban J connectivity index is 0. The zero-order valence-electron chi connectivity index (χ0n) is 11.0. The molecule has 0 spiro atoms. The Morgan fingerprint density at radius 1 is 1.38 bits per heavy atom.